The van der Waals surface area contributed by atoms with E-state index in [-0.39, 0.29) is 7.43 Å². The summed E-state index contributed by atoms with van der Waals surface area (Å²) in [7, 11) is -12.3. The zero-order valence-corrected chi connectivity index (χ0v) is 30.4. The molecule has 1 aliphatic rings. The maximum atomic E-state index is 6.13. The van der Waals surface area contributed by atoms with Gasteiger partial charge in [-0.15, -0.1) is 0 Å². The van der Waals surface area contributed by atoms with Crippen LogP contribution in [-0.4, -0.2) is 71.6 Å². The molecule has 0 spiro atoms. The molecule has 190 valence electrons. The molecule has 3 atom stereocenters. The van der Waals surface area contributed by atoms with E-state index in [0.717, 1.165) is 12.1 Å². The second-order valence-corrected chi connectivity index (χ2v) is 32.7. The van der Waals surface area contributed by atoms with Crippen molar-refractivity contribution in [3.8, 4) is 0 Å². The second kappa shape index (κ2) is 15.5. The third kappa shape index (κ3) is 16.7. The van der Waals surface area contributed by atoms with Crippen LogP contribution in [0.4, 0.5) is 0 Å². The minimum atomic E-state index is -1.95. The van der Waals surface area contributed by atoms with E-state index in [9.17, 15) is 0 Å². The molecule has 0 aromatic carbocycles. The van der Waals surface area contributed by atoms with Crippen molar-refractivity contribution < 1.29 is 28.8 Å². The molecular weight excluding hydrogens is 529 g/mol. The molecule has 3 unspecified atom stereocenters. The van der Waals surface area contributed by atoms with Gasteiger partial charge in [0, 0.05) is 0 Å². The average molecular weight is 581 g/mol. The first-order chi connectivity index (χ1) is 13.5. The summed E-state index contributed by atoms with van der Waals surface area (Å²) < 4.78 is 41.7. The third-order valence-electron chi connectivity index (χ3n) is 4.55. The van der Waals surface area contributed by atoms with Gasteiger partial charge in [0.05, 0.1) is 0 Å². The molecule has 0 aliphatic carbocycles. The van der Waals surface area contributed by atoms with Gasteiger partial charge in [-0.2, -0.15) is 0 Å². The standard InChI is InChI=1S/C9H28O3Si4.C6H20O4Si4.CH4/c1-9-15(5,6)11-14(4)12-16(7,8)10-13(2)3;1-6-14(5)9-12(3)7-11(2)8-13(4)10-14;/h13-14H,9H2,1-8H3;11-13H,6H2,1-5H3;1H4. The van der Waals surface area contributed by atoms with Crippen LogP contribution >= 0.6 is 0 Å². The van der Waals surface area contributed by atoms with E-state index in [2.05, 4.69) is 85.9 Å². The van der Waals surface area contributed by atoms with Gasteiger partial charge in [0.15, 0.2) is 17.4 Å². The van der Waals surface area contributed by atoms with Crippen molar-refractivity contribution in [2.24, 2.45) is 0 Å². The Kier molecular flexibility index (Phi) is 17.3. The third-order valence-corrected chi connectivity index (χ3v) is 31.9. The van der Waals surface area contributed by atoms with Crippen LogP contribution in [-0.2, 0) is 28.8 Å². The molecule has 0 amide bonds. The number of rotatable bonds is 8. The largest absolute Gasteiger partial charge is 0.440 e. The van der Waals surface area contributed by atoms with Gasteiger partial charge in [-0.05, 0) is 84.1 Å². The highest BCUT2D eigenvalue weighted by Crippen LogP contribution is 2.19. The van der Waals surface area contributed by atoms with Gasteiger partial charge < -0.3 is 28.8 Å². The van der Waals surface area contributed by atoms with E-state index >= 15 is 0 Å². The first-order valence-corrected chi connectivity index (χ1v) is 30.9. The van der Waals surface area contributed by atoms with Gasteiger partial charge in [0.2, 0.25) is 0 Å². The lowest BCUT2D eigenvalue weighted by molar-refractivity contribution is 0.275. The molecule has 1 aliphatic heterocycles. The van der Waals surface area contributed by atoms with Crippen LogP contribution in [0.5, 0.6) is 0 Å². The Morgan fingerprint density at radius 2 is 1.26 bits per heavy atom. The highest BCUT2D eigenvalue weighted by atomic mass is 28.5. The summed E-state index contributed by atoms with van der Waals surface area (Å²) in [6, 6.07) is 2.12. The molecule has 1 fully saturated rings. The normalized spacial score (nSPS) is 28.6. The van der Waals surface area contributed by atoms with E-state index in [4.69, 9.17) is 28.8 Å². The molecule has 1 heterocycles. The van der Waals surface area contributed by atoms with Gasteiger partial charge in [-0.25, -0.2) is 0 Å². The Morgan fingerprint density at radius 1 is 0.806 bits per heavy atom. The summed E-state index contributed by atoms with van der Waals surface area (Å²) >= 11 is 0. The van der Waals surface area contributed by atoms with Crippen molar-refractivity contribution in [2.45, 2.75) is 105 Å². The molecule has 0 radical (unpaired) electrons. The van der Waals surface area contributed by atoms with Gasteiger partial charge in [0.25, 0.3) is 37.1 Å². The molecule has 0 aromatic heterocycles. The highest BCUT2D eigenvalue weighted by molar-refractivity contribution is 6.82. The SMILES string of the molecule is C.CC[Si](C)(C)O[SiH](C)O[Si](C)(C)O[SiH](C)C.CC[Si]1(C)O[SiH](C)O[SiH](C)O[SiH](C)O1. The molecule has 7 nitrogen and oxygen atoms in total. The van der Waals surface area contributed by atoms with E-state index in [1.807, 2.05) is 0 Å². The summed E-state index contributed by atoms with van der Waals surface area (Å²) in [4.78, 5) is 0. The zero-order chi connectivity index (χ0) is 23.8. The van der Waals surface area contributed by atoms with E-state index in [1.54, 1.807) is 0 Å². The Balaban J connectivity index is 0. The number of hydrogen-bond acceptors (Lipinski definition) is 7. The van der Waals surface area contributed by atoms with E-state index in [0.29, 0.717) is 0 Å². The molecule has 0 N–H and O–H groups in total. The number of hydrogen-bond donors (Lipinski definition) is 0. The van der Waals surface area contributed by atoms with Crippen molar-refractivity contribution in [2.75, 3.05) is 0 Å². The van der Waals surface area contributed by atoms with Crippen LogP contribution in [0.15, 0.2) is 0 Å². The van der Waals surface area contributed by atoms with E-state index < -0.39 is 71.6 Å². The maximum Gasteiger partial charge on any atom is 0.316 e. The molecule has 0 bridgehead atoms. The van der Waals surface area contributed by atoms with Crippen molar-refractivity contribution in [1.82, 2.24) is 0 Å². The fourth-order valence-electron chi connectivity index (χ4n) is 3.08. The van der Waals surface area contributed by atoms with Gasteiger partial charge in [0.1, 0.15) is 0 Å². The summed E-state index contributed by atoms with van der Waals surface area (Å²) in [6.07, 6.45) is 0. The summed E-state index contributed by atoms with van der Waals surface area (Å²) in [6.45, 7) is 27.9. The summed E-state index contributed by atoms with van der Waals surface area (Å²) in [5.74, 6) is 0. The first-order valence-electron chi connectivity index (χ1n) is 11.2. The predicted molar refractivity (Wildman–Crippen MR) is 153 cm³/mol. The second-order valence-electron chi connectivity index (χ2n) is 9.18. The molecule has 15 heteroatoms. The van der Waals surface area contributed by atoms with Crippen molar-refractivity contribution in [1.29, 1.82) is 0 Å². The zero-order valence-electron chi connectivity index (χ0n) is 21.7. The first kappa shape index (κ1) is 34.6. The maximum absolute atomic E-state index is 6.13. The monoisotopic (exact) mass is 580 g/mol. The van der Waals surface area contributed by atoms with Crippen LogP contribution in [0.3, 0.4) is 0 Å². The minimum absolute atomic E-state index is 0. The van der Waals surface area contributed by atoms with Crippen molar-refractivity contribution in [3.05, 3.63) is 0 Å². The van der Waals surface area contributed by atoms with Gasteiger partial charge >= 0.3 is 17.1 Å². The van der Waals surface area contributed by atoms with Gasteiger partial charge in [-0.1, -0.05) is 21.3 Å². The van der Waals surface area contributed by atoms with Gasteiger partial charge in [-0.3, -0.25) is 0 Å². The molecule has 0 saturated carbocycles. The lowest BCUT2D eigenvalue weighted by Gasteiger charge is -2.36. The van der Waals surface area contributed by atoms with E-state index in [1.165, 1.54) is 0 Å². The Labute approximate surface area is 205 Å². The lowest BCUT2D eigenvalue weighted by Crippen LogP contribution is -2.52. The van der Waals surface area contributed by atoms with Crippen LogP contribution in [0.2, 0.25) is 84.1 Å². The van der Waals surface area contributed by atoms with Crippen LogP contribution in [0.25, 0.3) is 0 Å². The van der Waals surface area contributed by atoms with Crippen molar-refractivity contribution >= 4 is 71.6 Å². The fraction of sp³-hybridized carbons (Fsp3) is 1.00. The molecule has 1 saturated heterocycles. The fourth-order valence-corrected chi connectivity index (χ4v) is 30.7. The average Bonchev–Trinajstić information content (AvgIpc) is 2.50. The summed E-state index contributed by atoms with van der Waals surface area (Å²) in [5, 5.41) is 0. The van der Waals surface area contributed by atoms with Crippen LogP contribution in [0.1, 0.15) is 21.3 Å². The summed E-state index contributed by atoms with van der Waals surface area (Å²) in [5.41, 5.74) is 0. The Hall–Kier alpha value is 1.46. The molecular formula is C16H52O7Si8. The Bertz CT molecular complexity index is 473. The smallest absolute Gasteiger partial charge is 0.316 e. The molecule has 31 heavy (non-hydrogen) atoms. The predicted octanol–water partition coefficient (Wildman–Crippen LogP) is 4.14. The Morgan fingerprint density at radius 3 is 1.61 bits per heavy atom. The highest BCUT2D eigenvalue weighted by Gasteiger charge is 2.37. The van der Waals surface area contributed by atoms with Crippen LogP contribution < -0.4 is 0 Å². The quantitative estimate of drug-likeness (QED) is 0.400. The minimum Gasteiger partial charge on any atom is -0.440 e. The topological polar surface area (TPSA) is 64.6 Å². The molecule has 1 rings (SSSR count). The van der Waals surface area contributed by atoms with Crippen LogP contribution in [0, 0.1) is 0 Å². The van der Waals surface area contributed by atoms with Crippen molar-refractivity contribution in [3.63, 3.8) is 0 Å². The molecule has 0 aromatic rings. The lowest BCUT2D eigenvalue weighted by atomic mass is 11.0.